The Morgan fingerprint density at radius 3 is 2.76 bits per heavy atom. The summed E-state index contributed by atoms with van der Waals surface area (Å²) in [6.07, 6.45) is 0. The maximum atomic E-state index is 12.2. The van der Waals surface area contributed by atoms with Crippen LogP contribution in [0.25, 0.3) is 0 Å². The Hall–Kier alpha value is -2.01. The number of benzene rings is 1. The molecule has 112 valence electrons. The zero-order chi connectivity index (χ0) is 15.6. The highest BCUT2D eigenvalue weighted by molar-refractivity contribution is 6.30. The van der Waals surface area contributed by atoms with E-state index < -0.39 is 12.0 Å². The van der Waals surface area contributed by atoms with Gasteiger partial charge in [-0.1, -0.05) is 23.7 Å². The molecule has 0 saturated heterocycles. The Balaban J connectivity index is 2.55. The van der Waals surface area contributed by atoms with Gasteiger partial charge in [-0.3, -0.25) is 4.90 Å². The Morgan fingerprint density at radius 2 is 2.19 bits per heavy atom. The zero-order valence-corrected chi connectivity index (χ0v) is 12.9. The van der Waals surface area contributed by atoms with Gasteiger partial charge >= 0.3 is 12.0 Å². The summed E-state index contributed by atoms with van der Waals surface area (Å²) >= 11 is 6.00. The third-order valence-corrected chi connectivity index (χ3v) is 3.73. The molecule has 5 nitrogen and oxygen atoms in total. The van der Waals surface area contributed by atoms with Gasteiger partial charge in [-0.15, -0.1) is 0 Å². The number of amides is 2. The number of allylic oxidation sites excluding steroid dienone is 1. The highest BCUT2D eigenvalue weighted by Gasteiger charge is 2.35. The average molecular weight is 309 g/mol. The number of methoxy groups -OCH3 is 1. The Labute approximate surface area is 128 Å². The SMILES string of the molecule is CCN1C(=O)N[C@H](c2cccc(Cl)c2)C(C(=O)OC)=C1C. The van der Waals surface area contributed by atoms with Crippen molar-refractivity contribution in [2.75, 3.05) is 13.7 Å². The highest BCUT2D eigenvalue weighted by atomic mass is 35.5. The largest absolute Gasteiger partial charge is 0.466 e. The van der Waals surface area contributed by atoms with E-state index in [1.807, 2.05) is 13.0 Å². The van der Waals surface area contributed by atoms with Crippen molar-refractivity contribution in [2.24, 2.45) is 0 Å². The molecule has 1 aromatic rings. The molecule has 0 bridgehead atoms. The lowest BCUT2D eigenvalue weighted by atomic mass is 9.95. The van der Waals surface area contributed by atoms with Crippen LogP contribution >= 0.6 is 11.6 Å². The number of urea groups is 1. The van der Waals surface area contributed by atoms with E-state index in [-0.39, 0.29) is 6.03 Å². The van der Waals surface area contributed by atoms with Crippen molar-refractivity contribution in [1.82, 2.24) is 10.2 Å². The second-order valence-electron chi connectivity index (χ2n) is 4.67. The van der Waals surface area contributed by atoms with Crippen LogP contribution in [0.5, 0.6) is 0 Å². The van der Waals surface area contributed by atoms with Crippen LogP contribution in [0.2, 0.25) is 5.02 Å². The lowest BCUT2D eigenvalue weighted by molar-refractivity contribution is -0.136. The van der Waals surface area contributed by atoms with Crippen molar-refractivity contribution in [3.05, 3.63) is 46.1 Å². The summed E-state index contributed by atoms with van der Waals surface area (Å²) < 4.78 is 4.86. The van der Waals surface area contributed by atoms with E-state index in [9.17, 15) is 9.59 Å². The van der Waals surface area contributed by atoms with Crippen LogP contribution in [0, 0.1) is 0 Å². The van der Waals surface area contributed by atoms with Crippen LogP contribution in [0.1, 0.15) is 25.5 Å². The van der Waals surface area contributed by atoms with Gasteiger partial charge in [-0.2, -0.15) is 0 Å². The van der Waals surface area contributed by atoms with Crippen LogP contribution in [-0.4, -0.2) is 30.6 Å². The Morgan fingerprint density at radius 1 is 1.48 bits per heavy atom. The molecule has 0 spiro atoms. The van der Waals surface area contributed by atoms with Gasteiger partial charge in [0.25, 0.3) is 0 Å². The second-order valence-corrected chi connectivity index (χ2v) is 5.11. The van der Waals surface area contributed by atoms with Gasteiger partial charge in [-0.05, 0) is 31.5 Å². The molecular weight excluding hydrogens is 292 g/mol. The molecule has 0 aromatic heterocycles. The van der Waals surface area contributed by atoms with Gasteiger partial charge in [0.05, 0.1) is 18.7 Å². The van der Waals surface area contributed by atoms with Gasteiger partial charge in [0.15, 0.2) is 0 Å². The first-order valence-corrected chi connectivity index (χ1v) is 7.00. The minimum atomic E-state index is -0.563. The van der Waals surface area contributed by atoms with Gasteiger partial charge in [0, 0.05) is 17.3 Å². The normalized spacial score (nSPS) is 18.6. The lowest BCUT2D eigenvalue weighted by Gasteiger charge is -2.34. The van der Waals surface area contributed by atoms with E-state index in [2.05, 4.69) is 5.32 Å². The van der Waals surface area contributed by atoms with E-state index in [1.54, 1.807) is 25.1 Å². The molecule has 1 atom stereocenters. The van der Waals surface area contributed by atoms with Gasteiger partial charge < -0.3 is 10.1 Å². The van der Waals surface area contributed by atoms with E-state index >= 15 is 0 Å². The number of nitrogens with one attached hydrogen (secondary N) is 1. The van der Waals surface area contributed by atoms with Gasteiger partial charge in [-0.25, -0.2) is 9.59 Å². The molecule has 1 aromatic carbocycles. The number of halogens is 1. The first-order valence-electron chi connectivity index (χ1n) is 6.62. The van der Waals surface area contributed by atoms with Crippen molar-refractivity contribution in [1.29, 1.82) is 0 Å². The molecule has 1 heterocycles. The van der Waals surface area contributed by atoms with Crippen molar-refractivity contribution in [2.45, 2.75) is 19.9 Å². The quantitative estimate of drug-likeness (QED) is 0.874. The van der Waals surface area contributed by atoms with E-state index in [0.29, 0.717) is 22.8 Å². The number of rotatable bonds is 3. The topological polar surface area (TPSA) is 58.6 Å². The van der Waals surface area contributed by atoms with Gasteiger partial charge in [0.2, 0.25) is 0 Å². The van der Waals surface area contributed by atoms with E-state index in [4.69, 9.17) is 16.3 Å². The van der Waals surface area contributed by atoms with Crippen molar-refractivity contribution in [3.8, 4) is 0 Å². The standard InChI is InChI=1S/C15H17ClN2O3/c1-4-18-9(2)12(14(19)21-3)13(17-15(18)20)10-6-5-7-11(16)8-10/h5-8,13H,4H2,1-3H3,(H,17,20)/t13-/m1/s1. The summed E-state index contributed by atoms with van der Waals surface area (Å²) in [6, 6.07) is 6.25. The number of carbonyl (C=O) groups excluding carboxylic acids is 2. The fourth-order valence-corrected chi connectivity index (χ4v) is 2.67. The lowest BCUT2D eigenvalue weighted by Crippen LogP contribution is -2.47. The minimum Gasteiger partial charge on any atom is -0.466 e. The predicted molar refractivity (Wildman–Crippen MR) is 79.8 cm³/mol. The summed E-state index contributed by atoms with van der Waals surface area (Å²) in [6.45, 7) is 4.06. The van der Waals surface area contributed by atoms with Crippen molar-refractivity contribution in [3.63, 3.8) is 0 Å². The van der Waals surface area contributed by atoms with Crippen molar-refractivity contribution < 1.29 is 14.3 Å². The molecule has 1 N–H and O–H groups in total. The number of esters is 1. The molecule has 0 radical (unpaired) electrons. The maximum absolute atomic E-state index is 12.2. The fraction of sp³-hybridized carbons (Fsp3) is 0.333. The predicted octanol–water partition coefficient (Wildman–Crippen LogP) is 2.87. The summed E-state index contributed by atoms with van der Waals surface area (Å²) in [5, 5.41) is 3.37. The molecule has 0 saturated carbocycles. The van der Waals surface area contributed by atoms with Crippen LogP contribution in [0.15, 0.2) is 35.5 Å². The molecule has 2 amide bonds. The van der Waals surface area contributed by atoms with E-state index in [0.717, 1.165) is 5.56 Å². The summed E-state index contributed by atoms with van der Waals surface area (Å²) in [5.41, 5.74) is 1.76. The first-order chi connectivity index (χ1) is 9.99. The third-order valence-electron chi connectivity index (χ3n) is 3.50. The van der Waals surface area contributed by atoms with Crippen LogP contribution in [0.4, 0.5) is 4.79 Å². The number of nitrogens with zero attached hydrogens (tertiary/aromatic N) is 1. The van der Waals surface area contributed by atoms with Crippen molar-refractivity contribution >= 4 is 23.6 Å². The molecule has 2 rings (SSSR count). The number of hydrogen-bond donors (Lipinski definition) is 1. The van der Waals surface area contributed by atoms with Gasteiger partial charge in [0.1, 0.15) is 0 Å². The minimum absolute atomic E-state index is 0.243. The molecule has 0 unspecified atom stereocenters. The monoisotopic (exact) mass is 308 g/mol. The Bertz CT molecular complexity index is 613. The highest BCUT2D eigenvalue weighted by Crippen LogP contribution is 2.31. The first kappa shape index (κ1) is 15.4. The summed E-state index contributed by atoms with van der Waals surface area (Å²) in [4.78, 5) is 25.8. The van der Waals surface area contributed by atoms with E-state index in [1.165, 1.54) is 12.0 Å². The fourth-order valence-electron chi connectivity index (χ4n) is 2.47. The summed E-state index contributed by atoms with van der Waals surface area (Å²) in [5.74, 6) is -0.462. The molecular formula is C15H17ClN2O3. The molecule has 21 heavy (non-hydrogen) atoms. The Kier molecular flexibility index (Phi) is 4.53. The maximum Gasteiger partial charge on any atom is 0.337 e. The third kappa shape index (κ3) is 2.88. The zero-order valence-electron chi connectivity index (χ0n) is 12.1. The number of carbonyl (C=O) groups is 2. The van der Waals surface area contributed by atoms with Crippen LogP contribution < -0.4 is 5.32 Å². The molecule has 0 fully saturated rings. The smallest absolute Gasteiger partial charge is 0.337 e. The molecule has 1 aliphatic rings. The molecule has 0 aliphatic carbocycles. The number of hydrogen-bond acceptors (Lipinski definition) is 3. The average Bonchev–Trinajstić information content (AvgIpc) is 2.46. The van der Waals surface area contributed by atoms with Crippen LogP contribution in [0.3, 0.4) is 0 Å². The molecule has 1 aliphatic heterocycles. The van der Waals surface area contributed by atoms with Crippen LogP contribution in [-0.2, 0) is 9.53 Å². The molecule has 6 heteroatoms. The number of ether oxygens (including phenoxy) is 1. The summed E-state index contributed by atoms with van der Waals surface area (Å²) in [7, 11) is 1.32. The second kappa shape index (κ2) is 6.18.